The van der Waals surface area contributed by atoms with Crippen LogP contribution in [0.2, 0.25) is 0 Å². The fourth-order valence-electron chi connectivity index (χ4n) is 3.08. The van der Waals surface area contributed by atoms with Gasteiger partial charge in [0.1, 0.15) is 18.1 Å². The molecule has 2 heterocycles. The highest BCUT2D eigenvalue weighted by Crippen LogP contribution is 2.35. The van der Waals surface area contributed by atoms with E-state index in [-0.39, 0.29) is 5.63 Å². The van der Waals surface area contributed by atoms with Crippen LogP contribution in [0.3, 0.4) is 0 Å². The van der Waals surface area contributed by atoms with Crippen LogP contribution in [0.5, 0.6) is 5.75 Å². The molecule has 1 aromatic carbocycles. The number of ether oxygens (including phenoxy) is 1. The van der Waals surface area contributed by atoms with Crippen molar-refractivity contribution in [1.82, 2.24) is 4.90 Å². The normalized spacial score (nSPS) is 15.0. The SMILES string of the molecule is CCCN1COc2c(cc3c(CC)cc(=O)oc3c2C)C1. The number of fused-ring (bicyclic) bond motifs is 2. The van der Waals surface area contributed by atoms with Crippen molar-refractivity contribution in [3.05, 3.63) is 39.2 Å². The van der Waals surface area contributed by atoms with Gasteiger partial charge in [0.05, 0.1) is 0 Å². The van der Waals surface area contributed by atoms with Crippen LogP contribution in [0, 0.1) is 6.92 Å². The molecule has 0 N–H and O–H groups in total. The van der Waals surface area contributed by atoms with Crippen LogP contribution < -0.4 is 10.4 Å². The van der Waals surface area contributed by atoms with Crippen molar-refractivity contribution in [3.63, 3.8) is 0 Å². The summed E-state index contributed by atoms with van der Waals surface area (Å²) in [6, 6.07) is 3.73. The third-order valence-corrected chi connectivity index (χ3v) is 4.08. The lowest BCUT2D eigenvalue weighted by Crippen LogP contribution is -2.32. The third-order valence-electron chi connectivity index (χ3n) is 4.08. The van der Waals surface area contributed by atoms with Crippen molar-refractivity contribution in [1.29, 1.82) is 0 Å². The van der Waals surface area contributed by atoms with Crippen molar-refractivity contribution in [2.45, 2.75) is 40.2 Å². The van der Waals surface area contributed by atoms with Crippen molar-refractivity contribution in [2.75, 3.05) is 13.3 Å². The lowest BCUT2D eigenvalue weighted by Gasteiger charge is -2.30. The summed E-state index contributed by atoms with van der Waals surface area (Å²) in [5.74, 6) is 0.881. The second-order valence-electron chi connectivity index (χ2n) is 5.64. The zero-order chi connectivity index (χ0) is 15.0. The van der Waals surface area contributed by atoms with Crippen molar-refractivity contribution in [2.24, 2.45) is 0 Å². The van der Waals surface area contributed by atoms with E-state index in [9.17, 15) is 4.79 Å². The molecule has 0 bridgehead atoms. The highest BCUT2D eigenvalue weighted by Gasteiger charge is 2.22. The van der Waals surface area contributed by atoms with Crippen LogP contribution >= 0.6 is 0 Å². The average Bonchev–Trinajstić information content (AvgIpc) is 2.48. The highest BCUT2D eigenvalue weighted by atomic mass is 16.5. The van der Waals surface area contributed by atoms with Gasteiger partial charge >= 0.3 is 5.63 Å². The number of rotatable bonds is 3. The molecule has 0 aliphatic carbocycles. The first kappa shape index (κ1) is 14.1. The molecule has 21 heavy (non-hydrogen) atoms. The summed E-state index contributed by atoms with van der Waals surface area (Å²) in [4.78, 5) is 14.0. The van der Waals surface area contributed by atoms with Gasteiger partial charge in [-0.05, 0) is 31.4 Å². The van der Waals surface area contributed by atoms with Gasteiger partial charge in [0.2, 0.25) is 0 Å². The molecule has 0 saturated heterocycles. The van der Waals surface area contributed by atoms with Crippen LogP contribution in [-0.4, -0.2) is 18.2 Å². The van der Waals surface area contributed by atoms with E-state index in [1.165, 1.54) is 5.56 Å². The van der Waals surface area contributed by atoms with Crippen molar-refractivity contribution >= 4 is 11.0 Å². The van der Waals surface area contributed by atoms with Crippen LogP contribution in [0.1, 0.15) is 37.0 Å². The molecule has 0 atom stereocenters. The Kier molecular flexibility index (Phi) is 3.72. The van der Waals surface area contributed by atoms with E-state index >= 15 is 0 Å². The van der Waals surface area contributed by atoms with Crippen molar-refractivity contribution < 1.29 is 9.15 Å². The molecule has 0 saturated carbocycles. The van der Waals surface area contributed by atoms with Gasteiger partial charge in [-0.3, -0.25) is 4.90 Å². The molecule has 4 heteroatoms. The van der Waals surface area contributed by atoms with Gasteiger partial charge < -0.3 is 9.15 Å². The van der Waals surface area contributed by atoms with Crippen LogP contribution in [0.25, 0.3) is 11.0 Å². The number of benzene rings is 1. The van der Waals surface area contributed by atoms with Gasteiger partial charge in [0, 0.05) is 35.7 Å². The second-order valence-corrected chi connectivity index (χ2v) is 5.64. The van der Waals surface area contributed by atoms with Gasteiger partial charge in [0.25, 0.3) is 0 Å². The third kappa shape index (κ3) is 2.44. The Morgan fingerprint density at radius 3 is 2.81 bits per heavy atom. The molecule has 0 radical (unpaired) electrons. The molecule has 4 nitrogen and oxygen atoms in total. The summed E-state index contributed by atoms with van der Waals surface area (Å²) in [6.07, 6.45) is 1.93. The molecule has 0 amide bonds. The Labute approximate surface area is 124 Å². The molecule has 1 aliphatic heterocycles. The molecule has 2 aromatic rings. The fraction of sp³-hybridized carbons (Fsp3) is 0.471. The smallest absolute Gasteiger partial charge is 0.336 e. The summed E-state index contributed by atoms with van der Waals surface area (Å²) in [5.41, 5.74) is 3.54. The van der Waals surface area contributed by atoms with Gasteiger partial charge in [-0.1, -0.05) is 13.8 Å². The lowest BCUT2D eigenvalue weighted by atomic mass is 9.99. The number of hydrogen-bond acceptors (Lipinski definition) is 4. The molecular weight excluding hydrogens is 266 g/mol. The molecule has 1 aromatic heterocycles. The molecule has 0 spiro atoms. The summed E-state index contributed by atoms with van der Waals surface area (Å²) in [5, 5.41) is 1.04. The van der Waals surface area contributed by atoms with Gasteiger partial charge in [0.15, 0.2) is 0 Å². The number of hydrogen-bond donors (Lipinski definition) is 0. The molecule has 3 rings (SSSR count). The second kappa shape index (κ2) is 5.53. The van der Waals surface area contributed by atoms with Crippen molar-refractivity contribution in [3.8, 4) is 5.75 Å². The van der Waals surface area contributed by atoms with Gasteiger partial charge in [-0.25, -0.2) is 4.79 Å². The molecule has 112 valence electrons. The van der Waals surface area contributed by atoms with E-state index in [0.29, 0.717) is 12.3 Å². The molecular formula is C17H21NO3. The van der Waals surface area contributed by atoms with E-state index in [1.807, 2.05) is 6.92 Å². The summed E-state index contributed by atoms with van der Waals surface area (Å²) >= 11 is 0. The maximum Gasteiger partial charge on any atom is 0.336 e. The van der Waals surface area contributed by atoms with Gasteiger partial charge in [-0.2, -0.15) is 0 Å². The fourth-order valence-corrected chi connectivity index (χ4v) is 3.08. The Morgan fingerprint density at radius 1 is 1.29 bits per heavy atom. The van der Waals surface area contributed by atoms with E-state index < -0.39 is 0 Å². The van der Waals surface area contributed by atoms with Crippen LogP contribution in [0.15, 0.2) is 21.3 Å². The topological polar surface area (TPSA) is 42.7 Å². The molecule has 0 fully saturated rings. The predicted molar refractivity (Wildman–Crippen MR) is 82.8 cm³/mol. The summed E-state index contributed by atoms with van der Waals surface area (Å²) < 4.78 is 11.3. The first-order valence-electron chi connectivity index (χ1n) is 7.58. The monoisotopic (exact) mass is 287 g/mol. The zero-order valence-electron chi connectivity index (χ0n) is 12.9. The Hall–Kier alpha value is -1.81. The van der Waals surface area contributed by atoms with E-state index in [1.54, 1.807) is 6.07 Å². The zero-order valence-corrected chi connectivity index (χ0v) is 12.9. The number of aryl methyl sites for hydroxylation is 2. The predicted octanol–water partition coefficient (Wildman–Crippen LogP) is 3.23. The maximum atomic E-state index is 11.7. The summed E-state index contributed by atoms with van der Waals surface area (Å²) in [7, 11) is 0. The Bertz CT molecular complexity index is 733. The minimum Gasteiger partial charge on any atom is -0.477 e. The highest BCUT2D eigenvalue weighted by molar-refractivity contribution is 5.86. The Balaban J connectivity index is 2.18. The standard InChI is InChI=1S/C17H21NO3/c1-4-6-18-9-13-7-14-12(5-2)8-15(19)21-17(14)11(3)16(13)20-10-18/h7-8H,4-6,9-10H2,1-3H3. The molecule has 1 aliphatic rings. The largest absolute Gasteiger partial charge is 0.477 e. The average molecular weight is 287 g/mol. The molecule has 0 unspecified atom stereocenters. The van der Waals surface area contributed by atoms with E-state index in [4.69, 9.17) is 9.15 Å². The lowest BCUT2D eigenvalue weighted by molar-refractivity contribution is 0.0949. The number of nitrogens with zero attached hydrogens (tertiary/aromatic N) is 1. The van der Waals surface area contributed by atoms with Crippen LogP contribution in [-0.2, 0) is 13.0 Å². The Morgan fingerprint density at radius 2 is 2.10 bits per heavy atom. The first-order chi connectivity index (χ1) is 10.1. The summed E-state index contributed by atoms with van der Waals surface area (Å²) in [6.45, 7) is 8.72. The first-order valence-corrected chi connectivity index (χ1v) is 7.58. The van der Waals surface area contributed by atoms with Crippen LogP contribution in [0.4, 0.5) is 0 Å². The van der Waals surface area contributed by atoms with E-state index in [0.717, 1.165) is 48.2 Å². The van der Waals surface area contributed by atoms with E-state index in [2.05, 4.69) is 24.8 Å². The minimum atomic E-state index is -0.286. The maximum absolute atomic E-state index is 11.7. The quantitative estimate of drug-likeness (QED) is 0.813. The van der Waals surface area contributed by atoms with Gasteiger partial charge in [-0.15, -0.1) is 0 Å². The minimum absolute atomic E-state index is 0.286.